The molecule has 2 aromatic rings. The molecule has 1 aromatic carbocycles. The summed E-state index contributed by atoms with van der Waals surface area (Å²) in [6, 6.07) is 3.23. The quantitative estimate of drug-likeness (QED) is 0.698. The molecule has 17 heavy (non-hydrogen) atoms. The fraction of sp³-hybridized carbons (Fsp3) is 0.273. The van der Waals surface area contributed by atoms with Gasteiger partial charge in [-0.25, -0.2) is 4.98 Å². The van der Waals surface area contributed by atoms with E-state index in [-0.39, 0.29) is 5.56 Å². The van der Waals surface area contributed by atoms with E-state index < -0.39 is 0 Å². The van der Waals surface area contributed by atoms with Crippen LogP contribution in [-0.4, -0.2) is 14.8 Å². The highest BCUT2D eigenvalue weighted by atomic mass is 35.5. The maximum absolute atomic E-state index is 12.3. The number of hydrogen-bond donors (Lipinski definition) is 0. The zero-order valence-electron chi connectivity index (χ0n) is 8.91. The van der Waals surface area contributed by atoms with Crippen molar-refractivity contribution >= 4 is 45.9 Å². The van der Waals surface area contributed by atoms with Gasteiger partial charge in [0.15, 0.2) is 5.16 Å². The van der Waals surface area contributed by atoms with Gasteiger partial charge in [-0.2, -0.15) is 0 Å². The number of fused-ring (bicyclic) bond motifs is 2. The predicted octanol–water partition coefficient (Wildman–Crippen LogP) is 3.20. The van der Waals surface area contributed by atoms with Crippen LogP contribution in [0.1, 0.15) is 6.92 Å². The normalized spacial score (nSPS) is 18.6. The van der Waals surface area contributed by atoms with Crippen molar-refractivity contribution in [2.75, 3.05) is 0 Å². The highest BCUT2D eigenvalue weighted by Crippen LogP contribution is 2.32. The third-order valence-electron chi connectivity index (χ3n) is 2.69. The molecule has 0 amide bonds. The number of benzene rings is 1. The number of hydrogen-bond acceptors (Lipinski definition) is 3. The van der Waals surface area contributed by atoms with Crippen LogP contribution in [0, 0.1) is 0 Å². The Bertz CT molecular complexity index is 683. The van der Waals surface area contributed by atoms with Gasteiger partial charge in [-0.05, 0) is 12.1 Å². The van der Waals surface area contributed by atoms with E-state index in [0.717, 1.165) is 5.16 Å². The van der Waals surface area contributed by atoms with Gasteiger partial charge in [-0.1, -0.05) is 41.9 Å². The van der Waals surface area contributed by atoms with Crippen LogP contribution in [-0.2, 0) is 6.54 Å². The van der Waals surface area contributed by atoms with Crippen LogP contribution in [0.25, 0.3) is 10.9 Å². The number of rotatable bonds is 0. The van der Waals surface area contributed by atoms with Crippen LogP contribution >= 0.6 is 35.0 Å². The Kier molecular flexibility index (Phi) is 2.61. The first-order valence-electron chi connectivity index (χ1n) is 5.12. The second kappa shape index (κ2) is 3.90. The molecule has 3 nitrogen and oxygen atoms in total. The highest BCUT2D eigenvalue weighted by molar-refractivity contribution is 7.99. The molecule has 1 aromatic heterocycles. The average molecular weight is 287 g/mol. The zero-order valence-corrected chi connectivity index (χ0v) is 11.2. The standard InChI is InChI=1S/C11H8Cl2N2OS/c1-5-4-15-10(16)7-2-6(12)3-8(13)9(7)14-11(15)17-5/h2-3,5H,4H2,1H3/t5-/m0/s1. The van der Waals surface area contributed by atoms with Crippen molar-refractivity contribution in [1.82, 2.24) is 9.55 Å². The van der Waals surface area contributed by atoms with Crippen molar-refractivity contribution in [3.05, 3.63) is 32.5 Å². The molecule has 0 N–H and O–H groups in total. The summed E-state index contributed by atoms with van der Waals surface area (Å²) >= 11 is 13.6. The molecule has 0 unspecified atom stereocenters. The summed E-state index contributed by atoms with van der Waals surface area (Å²) < 4.78 is 1.68. The number of aromatic nitrogens is 2. The summed E-state index contributed by atoms with van der Waals surface area (Å²) in [7, 11) is 0. The molecule has 0 saturated carbocycles. The highest BCUT2D eigenvalue weighted by Gasteiger charge is 2.23. The van der Waals surface area contributed by atoms with E-state index in [1.165, 1.54) is 0 Å². The smallest absolute Gasteiger partial charge is 0.262 e. The Labute approximate surface area is 112 Å². The lowest BCUT2D eigenvalue weighted by molar-refractivity contribution is 0.629. The lowest BCUT2D eigenvalue weighted by atomic mass is 10.2. The van der Waals surface area contributed by atoms with E-state index in [1.807, 2.05) is 0 Å². The summed E-state index contributed by atoms with van der Waals surface area (Å²) in [6.07, 6.45) is 0. The van der Waals surface area contributed by atoms with Crippen molar-refractivity contribution in [2.24, 2.45) is 0 Å². The molecule has 0 bridgehead atoms. The topological polar surface area (TPSA) is 34.9 Å². The van der Waals surface area contributed by atoms with Gasteiger partial charge in [-0.3, -0.25) is 9.36 Å². The molecule has 1 aliphatic heterocycles. The monoisotopic (exact) mass is 286 g/mol. The van der Waals surface area contributed by atoms with Crippen LogP contribution in [0.4, 0.5) is 0 Å². The molecule has 0 aliphatic carbocycles. The van der Waals surface area contributed by atoms with Crippen LogP contribution in [0.15, 0.2) is 22.1 Å². The maximum atomic E-state index is 12.3. The van der Waals surface area contributed by atoms with Gasteiger partial charge in [0.25, 0.3) is 5.56 Å². The summed E-state index contributed by atoms with van der Waals surface area (Å²) in [6.45, 7) is 2.75. The lowest BCUT2D eigenvalue weighted by Crippen LogP contribution is -2.21. The van der Waals surface area contributed by atoms with E-state index in [9.17, 15) is 4.79 Å². The summed E-state index contributed by atoms with van der Waals surface area (Å²) in [5, 5.41) is 2.47. The minimum atomic E-state index is -0.0637. The largest absolute Gasteiger partial charge is 0.286 e. The van der Waals surface area contributed by atoms with E-state index in [4.69, 9.17) is 23.2 Å². The van der Waals surface area contributed by atoms with Crippen molar-refractivity contribution in [3.8, 4) is 0 Å². The third kappa shape index (κ3) is 1.75. The van der Waals surface area contributed by atoms with E-state index in [1.54, 1.807) is 28.5 Å². The summed E-state index contributed by atoms with van der Waals surface area (Å²) in [5.41, 5.74) is 0.472. The second-order valence-corrected chi connectivity index (χ2v) is 6.27. The first kappa shape index (κ1) is 11.4. The molecular formula is C11H8Cl2N2OS. The van der Waals surface area contributed by atoms with Crippen molar-refractivity contribution in [2.45, 2.75) is 23.9 Å². The summed E-state index contributed by atoms with van der Waals surface area (Å²) in [4.78, 5) is 16.7. The molecule has 1 atom stereocenters. The Morgan fingerprint density at radius 2 is 2.24 bits per heavy atom. The maximum Gasteiger partial charge on any atom is 0.262 e. The Morgan fingerprint density at radius 3 is 3.00 bits per heavy atom. The van der Waals surface area contributed by atoms with Gasteiger partial charge >= 0.3 is 0 Å². The van der Waals surface area contributed by atoms with E-state index in [2.05, 4.69) is 11.9 Å². The van der Waals surface area contributed by atoms with Gasteiger partial charge in [0.1, 0.15) is 0 Å². The van der Waals surface area contributed by atoms with Gasteiger partial charge in [-0.15, -0.1) is 0 Å². The molecule has 6 heteroatoms. The van der Waals surface area contributed by atoms with Crippen molar-refractivity contribution < 1.29 is 0 Å². The Hall–Kier alpha value is -0.710. The van der Waals surface area contributed by atoms with E-state index in [0.29, 0.717) is 32.7 Å². The fourth-order valence-electron chi connectivity index (χ4n) is 1.96. The van der Waals surface area contributed by atoms with Crippen LogP contribution < -0.4 is 5.56 Å². The first-order chi connectivity index (χ1) is 8.06. The predicted molar refractivity (Wildman–Crippen MR) is 71.3 cm³/mol. The van der Waals surface area contributed by atoms with Gasteiger partial charge in [0.2, 0.25) is 0 Å². The van der Waals surface area contributed by atoms with Crippen LogP contribution in [0.5, 0.6) is 0 Å². The molecule has 0 fully saturated rings. The molecule has 0 radical (unpaired) electrons. The molecule has 3 rings (SSSR count). The number of nitrogens with zero attached hydrogens (tertiary/aromatic N) is 2. The van der Waals surface area contributed by atoms with E-state index >= 15 is 0 Å². The molecule has 88 valence electrons. The summed E-state index contributed by atoms with van der Waals surface area (Å²) in [5.74, 6) is 0. The van der Waals surface area contributed by atoms with Crippen molar-refractivity contribution in [3.63, 3.8) is 0 Å². The fourth-order valence-corrected chi connectivity index (χ4v) is 3.50. The molecule has 0 spiro atoms. The van der Waals surface area contributed by atoms with Crippen LogP contribution in [0.3, 0.4) is 0 Å². The third-order valence-corrected chi connectivity index (χ3v) is 4.27. The van der Waals surface area contributed by atoms with Gasteiger partial charge in [0, 0.05) is 16.8 Å². The Morgan fingerprint density at radius 1 is 1.47 bits per heavy atom. The SMILES string of the molecule is C[C@H]1Cn2c(nc3c(Cl)cc(Cl)cc3c2=O)S1. The van der Waals surface area contributed by atoms with Gasteiger partial charge in [0.05, 0.1) is 15.9 Å². The Balaban J connectivity index is 2.43. The molecular weight excluding hydrogens is 279 g/mol. The first-order valence-corrected chi connectivity index (χ1v) is 6.76. The second-order valence-electron chi connectivity index (χ2n) is 4.02. The molecule has 0 saturated heterocycles. The molecule has 2 heterocycles. The minimum absolute atomic E-state index is 0.0637. The minimum Gasteiger partial charge on any atom is -0.286 e. The lowest BCUT2D eigenvalue weighted by Gasteiger charge is -2.05. The number of thioether (sulfide) groups is 1. The average Bonchev–Trinajstić information content (AvgIpc) is 2.62. The van der Waals surface area contributed by atoms with Crippen molar-refractivity contribution in [1.29, 1.82) is 0 Å². The molecule has 1 aliphatic rings. The number of halogens is 2. The van der Waals surface area contributed by atoms with Crippen LogP contribution in [0.2, 0.25) is 10.0 Å². The van der Waals surface area contributed by atoms with Gasteiger partial charge < -0.3 is 0 Å². The zero-order chi connectivity index (χ0) is 12.2.